The van der Waals surface area contributed by atoms with Gasteiger partial charge < -0.3 is 0 Å². The van der Waals surface area contributed by atoms with Gasteiger partial charge >= 0.3 is 0 Å². The summed E-state index contributed by atoms with van der Waals surface area (Å²) < 4.78 is 0. The van der Waals surface area contributed by atoms with Crippen molar-refractivity contribution in [1.82, 2.24) is 4.98 Å². The zero-order valence-corrected chi connectivity index (χ0v) is 8.29. The van der Waals surface area contributed by atoms with E-state index in [2.05, 4.69) is 16.9 Å². The highest BCUT2D eigenvalue weighted by atomic mass is 35.5. The van der Waals surface area contributed by atoms with E-state index in [4.69, 9.17) is 11.6 Å². The van der Waals surface area contributed by atoms with Crippen LogP contribution >= 0.6 is 22.9 Å². The van der Waals surface area contributed by atoms with E-state index < -0.39 is 0 Å². The SMILES string of the molecule is C=C(CCl)c1csc(C2CC2)n1. The summed E-state index contributed by atoms with van der Waals surface area (Å²) >= 11 is 7.39. The predicted molar refractivity (Wildman–Crippen MR) is 53.8 cm³/mol. The van der Waals surface area contributed by atoms with Crippen LogP contribution in [0.25, 0.3) is 5.57 Å². The molecule has 0 bridgehead atoms. The van der Waals surface area contributed by atoms with Crippen molar-refractivity contribution in [1.29, 1.82) is 0 Å². The molecule has 0 saturated heterocycles. The van der Waals surface area contributed by atoms with Crippen LogP contribution < -0.4 is 0 Å². The van der Waals surface area contributed by atoms with E-state index in [0.29, 0.717) is 5.88 Å². The summed E-state index contributed by atoms with van der Waals surface area (Å²) in [5.74, 6) is 1.22. The van der Waals surface area contributed by atoms with Gasteiger partial charge in [-0.3, -0.25) is 0 Å². The molecule has 1 heterocycles. The van der Waals surface area contributed by atoms with Gasteiger partial charge in [0.05, 0.1) is 10.7 Å². The zero-order chi connectivity index (χ0) is 8.55. The average molecular weight is 200 g/mol. The number of hydrogen-bond acceptors (Lipinski definition) is 2. The maximum Gasteiger partial charge on any atom is 0.0963 e. The maximum absolute atomic E-state index is 5.66. The van der Waals surface area contributed by atoms with Crippen molar-refractivity contribution in [2.45, 2.75) is 18.8 Å². The Morgan fingerprint density at radius 1 is 1.75 bits per heavy atom. The second-order valence-corrected chi connectivity index (χ2v) is 4.24. The molecule has 0 unspecified atom stereocenters. The Morgan fingerprint density at radius 3 is 3.08 bits per heavy atom. The maximum atomic E-state index is 5.66. The summed E-state index contributed by atoms with van der Waals surface area (Å²) in [5.41, 5.74) is 1.91. The molecule has 1 aliphatic carbocycles. The fourth-order valence-corrected chi connectivity index (χ4v) is 2.20. The number of rotatable bonds is 3. The van der Waals surface area contributed by atoms with Gasteiger partial charge in [-0.1, -0.05) is 6.58 Å². The van der Waals surface area contributed by atoms with E-state index in [1.807, 2.05) is 0 Å². The molecule has 1 saturated carbocycles. The molecule has 12 heavy (non-hydrogen) atoms. The van der Waals surface area contributed by atoms with Crippen molar-refractivity contribution >= 4 is 28.5 Å². The molecule has 1 aromatic heterocycles. The lowest BCUT2D eigenvalue weighted by molar-refractivity contribution is 1.07. The molecule has 1 aliphatic rings. The number of hydrogen-bond donors (Lipinski definition) is 0. The summed E-state index contributed by atoms with van der Waals surface area (Å²) in [7, 11) is 0. The van der Waals surface area contributed by atoms with E-state index >= 15 is 0 Å². The molecule has 1 aromatic rings. The Kier molecular flexibility index (Phi) is 2.20. The summed E-state index contributed by atoms with van der Waals surface area (Å²) in [5, 5.41) is 3.31. The van der Waals surface area contributed by atoms with Gasteiger partial charge in [-0.05, 0) is 18.4 Å². The molecule has 0 amide bonds. The predicted octanol–water partition coefficient (Wildman–Crippen LogP) is 3.27. The largest absolute Gasteiger partial charge is 0.241 e. The van der Waals surface area contributed by atoms with Crippen LogP contribution in [-0.4, -0.2) is 10.9 Å². The number of nitrogens with zero attached hydrogens (tertiary/aromatic N) is 1. The molecule has 2 rings (SSSR count). The smallest absolute Gasteiger partial charge is 0.0963 e. The first-order valence-corrected chi connectivity index (χ1v) is 5.42. The van der Waals surface area contributed by atoms with Gasteiger partial charge in [0.15, 0.2) is 0 Å². The van der Waals surface area contributed by atoms with Crippen LogP contribution in [0.1, 0.15) is 29.5 Å². The van der Waals surface area contributed by atoms with Crippen molar-refractivity contribution in [3.63, 3.8) is 0 Å². The summed E-state index contributed by atoms with van der Waals surface area (Å²) in [6, 6.07) is 0. The quantitative estimate of drug-likeness (QED) is 0.681. The Morgan fingerprint density at radius 2 is 2.50 bits per heavy atom. The zero-order valence-electron chi connectivity index (χ0n) is 6.72. The third-order valence-electron chi connectivity index (χ3n) is 1.97. The van der Waals surface area contributed by atoms with Crippen LogP contribution in [0.15, 0.2) is 12.0 Å². The fraction of sp³-hybridized carbons (Fsp3) is 0.444. The molecule has 0 atom stereocenters. The first-order chi connectivity index (χ1) is 5.81. The third kappa shape index (κ3) is 1.54. The molecule has 1 nitrogen and oxygen atoms in total. The molecule has 0 spiro atoms. The van der Waals surface area contributed by atoms with Crippen LogP contribution in [0.2, 0.25) is 0 Å². The minimum absolute atomic E-state index is 0.480. The van der Waals surface area contributed by atoms with Gasteiger partial charge in [0.1, 0.15) is 0 Å². The second kappa shape index (κ2) is 3.19. The number of alkyl halides is 1. The lowest BCUT2D eigenvalue weighted by Gasteiger charge is -1.92. The van der Waals surface area contributed by atoms with Gasteiger partial charge in [-0.2, -0.15) is 0 Å². The van der Waals surface area contributed by atoms with Crippen LogP contribution in [0.4, 0.5) is 0 Å². The fourth-order valence-electron chi connectivity index (χ4n) is 1.04. The van der Waals surface area contributed by atoms with E-state index in [1.54, 1.807) is 11.3 Å². The summed E-state index contributed by atoms with van der Waals surface area (Å²) in [6.45, 7) is 3.85. The van der Waals surface area contributed by atoms with Gasteiger partial charge in [-0.25, -0.2) is 4.98 Å². The topological polar surface area (TPSA) is 12.9 Å². The highest BCUT2D eigenvalue weighted by Gasteiger charge is 2.26. The standard InChI is InChI=1S/C9H10ClNS/c1-6(4-10)8-5-12-9(11-8)7-2-3-7/h5,7H,1-4H2. The monoisotopic (exact) mass is 199 g/mol. The van der Waals surface area contributed by atoms with E-state index in [1.165, 1.54) is 17.8 Å². The minimum atomic E-state index is 0.480. The number of halogens is 1. The third-order valence-corrected chi connectivity index (χ3v) is 3.30. The van der Waals surface area contributed by atoms with Gasteiger partial charge in [0.25, 0.3) is 0 Å². The molecule has 1 fully saturated rings. The van der Waals surface area contributed by atoms with E-state index in [-0.39, 0.29) is 0 Å². The molecule has 3 heteroatoms. The molecule has 0 N–H and O–H groups in total. The number of allylic oxidation sites excluding steroid dienone is 1. The van der Waals surface area contributed by atoms with Gasteiger partial charge in [0, 0.05) is 17.2 Å². The Bertz CT molecular complexity index is 301. The van der Waals surface area contributed by atoms with Crippen molar-refractivity contribution in [2.75, 3.05) is 5.88 Å². The Labute approximate surface area is 81.1 Å². The van der Waals surface area contributed by atoms with Crippen LogP contribution in [0.3, 0.4) is 0 Å². The first-order valence-electron chi connectivity index (χ1n) is 4.01. The lowest BCUT2D eigenvalue weighted by atomic mass is 10.3. The number of aromatic nitrogens is 1. The van der Waals surface area contributed by atoms with Gasteiger partial charge in [-0.15, -0.1) is 22.9 Å². The van der Waals surface area contributed by atoms with Crippen molar-refractivity contribution < 1.29 is 0 Å². The Balaban J connectivity index is 2.17. The summed E-state index contributed by atoms with van der Waals surface area (Å²) in [4.78, 5) is 4.48. The first kappa shape index (κ1) is 8.27. The highest BCUT2D eigenvalue weighted by Crippen LogP contribution is 2.41. The van der Waals surface area contributed by atoms with Gasteiger partial charge in [0.2, 0.25) is 0 Å². The normalized spacial score (nSPS) is 16.4. The van der Waals surface area contributed by atoms with E-state index in [9.17, 15) is 0 Å². The average Bonchev–Trinajstić information content (AvgIpc) is 2.83. The number of thiazole rings is 1. The molecule has 0 radical (unpaired) electrons. The Hall–Kier alpha value is -0.340. The van der Waals surface area contributed by atoms with E-state index in [0.717, 1.165) is 17.2 Å². The van der Waals surface area contributed by atoms with Crippen LogP contribution in [0.5, 0.6) is 0 Å². The molecule has 64 valence electrons. The van der Waals surface area contributed by atoms with Crippen LogP contribution in [0, 0.1) is 0 Å². The molecule has 0 aromatic carbocycles. The molecular weight excluding hydrogens is 190 g/mol. The van der Waals surface area contributed by atoms with Crippen molar-refractivity contribution in [3.05, 3.63) is 22.7 Å². The molecular formula is C9H10ClNS. The summed E-state index contributed by atoms with van der Waals surface area (Å²) in [6.07, 6.45) is 2.61. The second-order valence-electron chi connectivity index (χ2n) is 3.08. The highest BCUT2D eigenvalue weighted by molar-refractivity contribution is 7.09. The lowest BCUT2D eigenvalue weighted by Crippen LogP contribution is -1.84. The molecule has 0 aliphatic heterocycles. The van der Waals surface area contributed by atoms with Crippen molar-refractivity contribution in [2.24, 2.45) is 0 Å². The minimum Gasteiger partial charge on any atom is -0.241 e. The van der Waals surface area contributed by atoms with Crippen LogP contribution in [-0.2, 0) is 0 Å². The van der Waals surface area contributed by atoms with Crippen molar-refractivity contribution in [3.8, 4) is 0 Å².